The normalized spacial score (nSPS) is 12.5. The summed E-state index contributed by atoms with van der Waals surface area (Å²) in [6, 6.07) is 11.3. The Bertz CT molecular complexity index is 1340. The summed E-state index contributed by atoms with van der Waals surface area (Å²) in [5.74, 6) is 0.905. The van der Waals surface area contributed by atoms with Crippen molar-refractivity contribution in [2.24, 2.45) is 5.92 Å². The summed E-state index contributed by atoms with van der Waals surface area (Å²) in [6.45, 7) is 8.81. The predicted molar refractivity (Wildman–Crippen MR) is 129 cm³/mol. The SMILES string of the molecule is CCOC(=O)Cn1nnnc1[C@H](C(C)C)N(Cc1ccco1)Cc1cc2cc(C)ccc2[nH]c1=O. The molecule has 0 fully saturated rings. The fourth-order valence-electron chi connectivity index (χ4n) is 4.31. The van der Waals surface area contributed by atoms with Crippen molar-refractivity contribution < 1.29 is 13.9 Å². The van der Waals surface area contributed by atoms with Gasteiger partial charge in [0.15, 0.2) is 5.82 Å². The Balaban J connectivity index is 1.74. The van der Waals surface area contributed by atoms with E-state index in [0.29, 0.717) is 24.5 Å². The van der Waals surface area contributed by atoms with E-state index in [-0.39, 0.29) is 30.7 Å². The van der Waals surface area contributed by atoms with Gasteiger partial charge in [-0.2, -0.15) is 0 Å². The van der Waals surface area contributed by atoms with Crippen LogP contribution in [0, 0.1) is 12.8 Å². The molecule has 4 aromatic rings. The lowest BCUT2D eigenvalue weighted by atomic mass is 10.00. The maximum atomic E-state index is 13.0. The molecule has 0 unspecified atom stereocenters. The summed E-state index contributed by atoms with van der Waals surface area (Å²) in [5, 5.41) is 13.1. The average molecular weight is 479 g/mol. The molecule has 0 aliphatic rings. The molecule has 0 radical (unpaired) electrons. The van der Waals surface area contributed by atoms with Gasteiger partial charge in [-0.15, -0.1) is 5.10 Å². The van der Waals surface area contributed by atoms with Crippen LogP contribution in [0.2, 0.25) is 0 Å². The van der Waals surface area contributed by atoms with Gasteiger partial charge in [-0.3, -0.25) is 14.5 Å². The Kier molecular flexibility index (Phi) is 7.40. The number of esters is 1. The minimum Gasteiger partial charge on any atom is -0.468 e. The van der Waals surface area contributed by atoms with Crippen LogP contribution in [0.15, 0.2) is 51.9 Å². The number of nitrogens with zero attached hydrogens (tertiary/aromatic N) is 5. The number of furan rings is 1. The average Bonchev–Trinajstić information content (AvgIpc) is 3.47. The summed E-state index contributed by atoms with van der Waals surface area (Å²) >= 11 is 0. The number of fused-ring (bicyclic) bond motifs is 1. The first-order chi connectivity index (χ1) is 16.9. The molecule has 3 aromatic heterocycles. The van der Waals surface area contributed by atoms with Crippen LogP contribution < -0.4 is 5.56 Å². The maximum absolute atomic E-state index is 13.0. The molecular weight excluding hydrogens is 448 g/mol. The lowest BCUT2D eigenvalue weighted by molar-refractivity contribution is -0.144. The molecule has 10 heteroatoms. The van der Waals surface area contributed by atoms with Crippen molar-refractivity contribution in [3.8, 4) is 0 Å². The number of benzene rings is 1. The van der Waals surface area contributed by atoms with Gasteiger partial charge < -0.3 is 14.1 Å². The molecule has 0 saturated heterocycles. The second kappa shape index (κ2) is 10.6. The first-order valence-corrected chi connectivity index (χ1v) is 11.7. The second-order valence-corrected chi connectivity index (χ2v) is 8.89. The van der Waals surface area contributed by atoms with Gasteiger partial charge in [-0.25, -0.2) is 4.68 Å². The molecule has 0 bridgehead atoms. The van der Waals surface area contributed by atoms with Crippen molar-refractivity contribution in [1.29, 1.82) is 0 Å². The molecule has 0 saturated carbocycles. The smallest absolute Gasteiger partial charge is 0.327 e. The third-order valence-corrected chi connectivity index (χ3v) is 5.82. The Morgan fingerprint density at radius 3 is 2.77 bits per heavy atom. The van der Waals surface area contributed by atoms with Gasteiger partial charge in [0.1, 0.15) is 12.3 Å². The minimum atomic E-state index is -0.414. The predicted octanol–water partition coefficient (Wildman–Crippen LogP) is 3.38. The van der Waals surface area contributed by atoms with Crippen LogP contribution in [0.1, 0.15) is 49.5 Å². The van der Waals surface area contributed by atoms with Crippen molar-refractivity contribution in [3.05, 3.63) is 75.7 Å². The van der Waals surface area contributed by atoms with Crippen LogP contribution >= 0.6 is 0 Å². The summed E-state index contributed by atoms with van der Waals surface area (Å²) in [4.78, 5) is 30.3. The zero-order valence-corrected chi connectivity index (χ0v) is 20.4. The number of aryl methyl sites for hydroxylation is 1. The number of carbonyl (C=O) groups excluding carboxylic acids is 1. The van der Waals surface area contributed by atoms with Gasteiger partial charge in [-0.05, 0) is 65.9 Å². The number of hydrogen-bond donors (Lipinski definition) is 1. The minimum absolute atomic E-state index is 0.0543. The number of rotatable bonds is 10. The van der Waals surface area contributed by atoms with Crippen molar-refractivity contribution >= 4 is 16.9 Å². The van der Waals surface area contributed by atoms with Crippen LogP contribution in [0.3, 0.4) is 0 Å². The Hall–Kier alpha value is -3.79. The molecule has 0 aliphatic heterocycles. The maximum Gasteiger partial charge on any atom is 0.327 e. The number of aromatic amines is 1. The number of ether oxygens (including phenoxy) is 1. The number of pyridine rings is 1. The van der Waals surface area contributed by atoms with E-state index in [2.05, 4.69) is 39.3 Å². The zero-order valence-electron chi connectivity index (χ0n) is 20.4. The number of nitrogens with one attached hydrogen (secondary N) is 1. The molecule has 10 nitrogen and oxygen atoms in total. The van der Waals surface area contributed by atoms with Gasteiger partial charge in [0.05, 0.1) is 25.5 Å². The number of H-pyrrole nitrogens is 1. The van der Waals surface area contributed by atoms with Crippen LogP contribution in [0.5, 0.6) is 0 Å². The number of hydrogen-bond acceptors (Lipinski definition) is 8. The molecule has 184 valence electrons. The monoisotopic (exact) mass is 478 g/mol. The van der Waals surface area contributed by atoms with Gasteiger partial charge in [0.2, 0.25) is 0 Å². The van der Waals surface area contributed by atoms with Gasteiger partial charge in [0.25, 0.3) is 5.56 Å². The van der Waals surface area contributed by atoms with Crippen LogP contribution in [0.4, 0.5) is 0 Å². The van der Waals surface area contributed by atoms with Gasteiger partial charge in [-0.1, -0.05) is 25.5 Å². The fraction of sp³-hybridized carbons (Fsp3) is 0.400. The molecule has 0 aliphatic carbocycles. The quantitative estimate of drug-likeness (QED) is 0.345. The van der Waals surface area contributed by atoms with E-state index in [1.807, 2.05) is 43.3 Å². The van der Waals surface area contributed by atoms with Crippen molar-refractivity contribution in [3.63, 3.8) is 0 Å². The lowest BCUT2D eigenvalue weighted by Crippen LogP contribution is -2.35. The number of tetrazole rings is 1. The Labute approximate surface area is 202 Å². The molecule has 1 atom stereocenters. The third kappa shape index (κ3) is 5.65. The first-order valence-electron chi connectivity index (χ1n) is 11.7. The molecule has 0 amide bonds. The zero-order chi connectivity index (χ0) is 24.9. The topological polar surface area (TPSA) is 119 Å². The van der Waals surface area contributed by atoms with E-state index in [4.69, 9.17) is 9.15 Å². The summed E-state index contributed by atoms with van der Waals surface area (Å²) in [6.07, 6.45) is 1.62. The van der Waals surface area contributed by atoms with Crippen LogP contribution in [0.25, 0.3) is 10.9 Å². The molecule has 35 heavy (non-hydrogen) atoms. The van der Waals surface area contributed by atoms with E-state index >= 15 is 0 Å². The van der Waals surface area contributed by atoms with E-state index in [0.717, 1.165) is 22.2 Å². The second-order valence-electron chi connectivity index (χ2n) is 8.89. The Morgan fingerprint density at radius 1 is 1.23 bits per heavy atom. The summed E-state index contributed by atoms with van der Waals surface area (Å²) < 4.78 is 12.2. The highest BCUT2D eigenvalue weighted by Crippen LogP contribution is 2.30. The largest absolute Gasteiger partial charge is 0.468 e. The van der Waals surface area contributed by atoms with E-state index in [1.165, 1.54) is 4.68 Å². The first kappa shape index (κ1) is 24.3. The lowest BCUT2D eigenvalue weighted by Gasteiger charge is -2.32. The number of aromatic nitrogens is 5. The molecule has 4 rings (SSSR count). The van der Waals surface area contributed by atoms with Crippen molar-refractivity contribution in [2.75, 3.05) is 6.61 Å². The van der Waals surface area contributed by atoms with E-state index < -0.39 is 5.97 Å². The van der Waals surface area contributed by atoms with E-state index in [9.17, 15) is 9.59 Å². The highest BCUT2D eigenvalue weighted by atomic mass is 16.5. The Morgan fingerprint density at radius 2 is 2.06 bits per heavy atom. The number of carbonyl (C=O) groups is 1. The molecular formula is C25H30N6O4. The molecule has 1 N–H and O–H groups in total. The summed E-state index contributed by atoms with van der Waals surface area (Å²) in [7, 11) is 0. The highest BCUT2D eigenvalue weighted by molar-refractivity contribution is 5.79. The molecule has 1 aromatic carbocycles. The fourth-order valence-corrected chi connectivity index (χ4v) is 4.31. The van der Waals surface area contributed by atoms with Gasteiger partial charge >= 0.3 is 5.97 Å². The van der Waals surface area contributed by atoms with E-state index in [1.54, 1.807) is 13.2 Å². The summed E-state index contributed by atoms with van der Waals surface area (Å²) in [5.41, 5.74) is 2.37. The van der Waals surface area contributed by atoms with Crippen molar-refractivity contribution in [2.45, 2.75) is 53.4 Å². The van der Waals surface area contributed by atoms with Crippen LogP contribution in [-0.4, -0.2) is 42.7 Å². The molecule has 0 spiro atoms. The highest BCUT2D eigenvalue weighted by Gasteiger charge is 2.31. The van der Waals surface area contributed by atoms with Crippen LogP contribution in [-0.2, 0) is 29.2 Å². The third-order valence-electron chi connectivity index (χ3n) is 5.82. The van der Waals surface area contributed by atoms with Gasteiger partial charge in [0, 0.05) is 17.6 Å². The standard InChI is InChI=1S/C25H30N6O4/c1-5-34-22(32)15-31-24(27-28-29-31)23(16(2)3)30(14-20-7-6-10-35-20)13-19-12-18-11-17(4)8-9-21(18)26-25(19)33/h6-12,16,23H,5,13-15H2,1-4H3,(H,26,33)/t23-/m0/s1. The van der Waals surface area contributed by atoms with Crippen molar-refractivity contribution in [1.82, 2.24) is 30.1 Å². The molecule has 3 heterocycles.